The normalized spacial score (nSPS) is 10.5. The van der Waals surface area contributed by atoms with Gasteiger partial charge < -0.3 is 0 Å². The summed E-state index contributed by atoms with van der Waals surface area (Å²) in [6.07, 6.45) is 0. The Hall–Kier alpha value is -4.33. The van der Waals surface area contributed by atoms with Crippen molar-refractivity contribution in [3.63, 3.8) is 0 Å². The molecule has 0 atom stereocenters. The number of nitriles is 1. The lowest BCUT2D eigenvalue weighted by Gasteiger charge is -2.10. The van der Waals surface area contributed by atoms with Crippen LogP contribution in [0.5, 0.6) is 0 Å². The Morgan fingerprint density at radius 3 is 1.70 bits per heavy atom. The Labute approximate surface area is 196 Å². The molecule has 0 amide bonds. The average molecular weight is 445 g/mol. The maximum Gasteiger partial charge on any atom is 0.164 e. The van der Waals surface area contributed by atoms with E-state index in [2.05, 4.69) is 6.07 Å². The number of nitrogens with zero attached hydrogens (tertiary/aromatic N) is 4. The quantitative estimate of drug-likeness (QED) is 0.297. The molecule has 156 valence electrons. The van der Waals surface area contributed by atoms with E-state index in [0.29, 0.717) is 28.1 Å². The lowest BCUT2D eigenvalue weighted by atomic mass is 10.0. The molecular weight excluding hydrogens is 428 g/mol. The predicted octanol–water partition coefficient (Wildman–Crippen LogP) is 7.06. The van der Waals surface area contributed by atoms with Crippen LogP contribution in [0.25, 0.3) is 45.3 Å². The highest BCUT2D eigenvalue weighted by molar-refractivity contribution is 6.30. The highest BCUT2D eigenvalue weighted by Gasteiger charge is 2.13. The molecule has 0 aliphatic heterocycles. The first kappa shape index (κ1) is 20.6. The number of rotatable bonds is 4. The molecule has 5 rings (SSSR count). The molecule has 0 saturated heterocycles. The van der Waals surface area contributed by atoms with Crippen molar-refractivity contribution in [2.24, 2.45) is 0 Å². The van der Waals surface area contributed by atoms with Gasteiger partial charge in [-0.1, -0.05) is 84.4 Å². The summed E-state index contributed by atoms with van der Waals surface area (Å²) < 4.78 is 0. The van der Waals surface area contributed by atoms with E-state index in [1.807, 2.05) is 103 Å². The number of hydrogen-bond donors (Lipinski definition) is 0. The third-order valence-electron chi connectivity index (χ3n) is 5.22. The molecule has 0 saturated carbocycles. The molecule has 33 heavy (non-hydrogen) atoms. The van der Waals surface area contributed by atoms with Gasteiger partial charge in [0.2, 0.25) is 0 Å². The monoisotopic (exact) mass is 444 g/mol. The van der Waals surface area contributed by atoms with Crippen LogP contribution in [0.3, 0.4) is 0 Å². The van der Waals surface area contributed by atoms with E-state index in [9.17, 15) is 0 Å². The molecule has 0 fully saturated rings. The van der Waals surface area contributed by atoms with Crippen LogP contribution in [0.1, 0.15) is 5.56 Å². The largest absolute Gasteiger partial charge is 0.208 e. The Morgan fingerprint density at radius 2 is 1.06 bits per heavy atom. The Balaban J connectivity index is 1.64. The number of halogens is 1. The molecule has 0 aliphatic rings. The van der Waals surface area contributed by atoms with Gasteiger partial charge in [-0.2, -0.15) is 5.26 Å². The zero-order chi connectivity index (χ0) is 22.6. The van der Waals surface area contributed by atoms with Crippen molar-refractivity contribution >= 4 is 11.6 Å². The van der Waals surface area contributed by atoms with Gasteiger partial charge in [0.1, 0.15) is 0 Å². The first-order valence-electron chi connectivity index (χ1n) is 10.4. The van der Waals surface area contributed by atoms with E-state index in [1.165, 1.54) is 0 Å². The van der Waals surface area contributed by atoms with Gasteiger partial charge in [0.15, 0.2) is 17.5 Å². The van der Waals surface area contributed by atoms with Crippen molar-refractivity contribution in [1.82, 2.24) is 15.0 Å². The van der Waals surface area contributed by atoms with Crippen LogP contribution in [0.15, 0.2) is 103 Å². The summed E-state index contributed by atoms with van der Waals surface area (Å²) in [6.45, 7) is 0. The fourth-order valence-electron chi connectivity index (χ4n) is 3.55. The second kappa shape index (κ2) is 9.04. The van der Waals surface area contributed by atoms with Crippen molar-refractivity contribution in [3.8, 4) is 51.4 Å². The van der Waals surface area contributed by atoms with Gasteiger partial charge in [-0.25, -0.2) is 15.0 Å². The highest BCUT2D eigenvalue weighted by atomic mass is 35.5. The van der Waals surface area contributed by atoms with Crippen LogP contribution in [0.2, 0.25) is 5.02 Å². The zero-order valence-electron chi connectivity index (χ0n) is 17.5. The first-order valence-corrected chi connectivity index (χ1v) is 10.8. The fourth-order valence-corrected chi connectivity index (χ4v) is 3.74. The molecule has 0 N–H and O–H groups in total. The van der Waals surface area contributed by atoms with E-state index in [4.69, 9.17) is 31.8 Å². The van der Waals surface area contributed by atoms with Gasteiger partial charge in [-0.05, 0) is 41.5 Å². The van der Waals surface area contributed by atoms with Crippen LogP contribution in [-0.4, -0.2) is 15.0 Å². The van der Waals surface area contributed by atoms with Crippen molar-refractivity contribution in [1.29, 1.82) is 5.26 Å². The van der Waals surface area contributed by atoms with E-state index < -0.39 is 0 Å². The molecule has 0 bridgehead atoms. The van der Waals surface area contributed by atoms with Crippen molar-refractivity contribution in [3.05, 3.63) is 114 Å². The van der Waals surface area contributed by atoms with E-state index in [0.717, 1.165) is 27.8 Å². The lowest BCUT2D eigenvalue weighted by molar-refractivity contribution is 1.07. The molecule has 0 unspecified atom stereocenters. The van der Waals surface area contributed by atoms with Crippen LogP contribution in [0, 0.1) is 11.3 Å². The second-order valence-electron chi connectivity index (χ2n) is 7.45. The third-order valence-corrected chi connectivity index (χ3v) is 5.45. The topological polar surface area (TPSA) is 62.5 Å². The molecule has 4 aromatic carbocycles. The van der Waals surface area contributed by atoms with Crippen molar-refractivity contribution in [2.45, 2.75) is 0 Å². The fraction of sp³-hybridized carbons (Fsp3) is 0. The van der Waals surface area contributed by atoms with Crippen LogP contribution < -0.4 is 0 Å². The van der Waals surface area contributed by atoms with Gasteiger partial charge in [-0.15, -0.1) is 0 Å². The summed E-state index contributed by atoms with van der Waals surface area (Å²) in [5, 5.41) is 9.69. The molecule has 5 heteroatoms. The zero-order valence-corrected chi connectivity index (χ0v) is 18.2. The average Bonchev–Trinajstić information content (AvgIpc) is 2.89. The van der Waals surface area contributed by atoms with Crippen molar-refractivity contribution in [2.75, 3.05) is 0 Å². The molecule has 1 aromatic heterocycles. The summed E-state index contributed by atoms with van der Waals surface area (Å²) in [5.74, 6) is 1.74. The number of benzene rings is 4. The highest BCUT2D eigenvalue weighted by Crippen LogP contribution is 2.28. The maximum atomic E-state index is 9.07. The lowest BCUT2D eigenvalue weighted by Crippen LogP contribution is -2.00. The summed E-state index contributed by atoms with van der Waals surface area (Å²) in [4.78, 5) is 14.3. The molecule has 0 aliphatic carbocycles. The Kier molecular flexibility index (Phi) is 5.63. The molecule has 0 radical (unpaired) electrons. The van der Waals surface area contributed by atoms with Gasteiger partial charge in [0, 0.05) is 21.7 Å². The van der Waals surface area contributed by atoms with Gasteiger partial charge in [0.25, 0.3) is 0 Å². The SMILES string of the molecule is N#Cc1ccc(-c2cccc(-c3nc(-c4ccccc4)nc(-c4cccc(Cl)c4)n3)c2)cc1. The Morgan fingerprint density at radius 1 is 0.515 bits per heavy atom. The molecule has 1 heterocycles. The standard InChI is InChI=1S/C28H17ClN4/c29-25-11-5-10-24(17-25)28-32-26(21-6-2-1-3-7-21)31-27(33-28)23-9-4-8-22(16-23)20-14-12-19(18-30)13-15-20/h1-17H. The molecule has 4 nitrogen and oxygen atoms in total. The summed E-state index contributed by atoms with van der Waals surface area (Å²) in [5.41, 5.74) is 5.27. The first-order chi connectivity index (χ1) is 16.2. The van der Waals surface area contributed by atoms with Crippen LogP contribution in [-0.2, 0) is 0 Å². The van der Waals surface area contributed by atoms with Crippen molar-refractivity contribution < 1.29 is 0 Å². The Bertz CT molecular complexity index is 1470. The number of aromatic nitrogens is 3. The maximum absolute atomic E-state index is 9.07. The third kappa shape index (κ3) is 4.50. The molecule has 5 aromatic rings. The van der Waals surface area contributed by atoms with Crippen LogP contribution >= 0.6 is 11.6 Å². The van der Waals surface area contributed by atoms with Gasteiger partial charge in [0.05, 0.1) is 11.6 Å². The predicted molar refractivity (Wildman–Crippen MR) is 131 cm³/mol. The second-order valence-corrected chi connectivity index (χ2v) is 7.89. The minimum Gasteiger partial charge on any atom is -0.208 e. The van der Waals surface area contributed by atoms with Gasteiger partial charge in [-0.3, -0.25) is 0 Å². The van der Waals surface area contributed by atoms with Crippen LogP contribution in [0.4, 0.5) is 0 Å². The van der Waals surface area contributed by atoms with Gasteiger partial charge >= 0.3 is 0 Å². The summed E-state index contributed by atoms with van der Waals surface area (Å²) >= 11 is 6.23. The van der Waals surface area contributed by atoms with E-state index in [1.54, 1.807) is 0 Å². The molecular formula is C28H17ClN4. The smallest absolute Gasteiger partial charge is 0.164 e. The summed E-state index contributed by atoms with van der Waals surface area (Å²) in [7, 11) is 0. The van der Waals surface area contributed by atoms with E-state index in [-0.39, 0.29) is 0 Å². The summed E-state index contributed by atoms with van der Waals surface area (Å²) in [6, 6.07) is 35.1. The number of hydrogen-bond acceptors (Lipinski definition) is 4. The van der Waals surface area contributed by atoms with E-state index >= 15 is 0 Å². The minimum absolute atomic E-state index is 0.560. The molecule has 0 spiro atoms. The minimum atomic E-state index is 0.560.